The van der Waals surface area contributed by atoms with E-state index in [-0.39, 0.29) is 5.92 Å². The van der Waals surface area contributed by atoms with Gasteiger partial charge in [0.1, 0.15) is 0 Å². The summed E-state index contributed by atoms with van der Waals surface area (Å²) >= 11 is 0. The van der Waals surface area contributed by atoms with E-state index < -0.39 is 0 Å². The Labute approximate surface area is 123 Å². The third kappa shape index (κ3) is 2.48. The van der Waals surface area contributed by atoms with Crippen LogP contribution in [-0.2, 0) is 4.74 Å². The highest BCUT2D eigenvalue weighted by atomic mass is 16.5. The second kappa shape index (κ2) is 5.60. The van der Waals surface area contributed by atoms with Crippen LogP contribution in [0.5, 0.6) is 0 Å². The van der Waals surface area contributed by atoms with Crippen molar-refractivity contribution < 1.29 is 9.26 Å². The van der Waals surface area contributed by atoms with Crippen molar-refractivity contribution in [3.63, 3.8) is 0 Å². The summed E-state index contributed by atoms with van der Waals surface area (Å²) in [5, 5.41) is 11.5. The second-order valence-electron chi connectivity index (χ2n) is 6.05. The Morgan fingerprint density at radius 3 is 2.81 bits per heavy atom. The molecule has 0 aromatic carbocycles. The third-order valence-corrected chi connectivity index (χ3v) is 4.65. The van der Waals surface area contributed by atoms with Crippen molar-refractivity contribution in [2.45, 2.75) is 50.4 Å². The fourth-order valence-electron chi connectivity index (χ4n) is 3.42. The summed E-state index contributed by atoms with van der Waals surface area (Å²) in [4.78, 5) is 4.57. The van der Waals surface area contributed by atoms with Crippen LogP contribution >= 0.6 is 0 Å². The first kappa shape index (κ1) is 13.0. The van der Waals surface area contributed by atoms with E-state index in [0.29, 0.717) is 18.4 Å². The van der Waals surface area contributed by atoms with Gasteiger partial charge in [-0.2, -0.15) is 10.1 Å². The summed E-state index contributed by atoms with van der Waals surface area (Å²) in [6, 6.07) is 0. The number of aromatic nitrogens is 4. The van der Waals surface area contributed by atoms with Crippen LogP contribution in [0.3, 0.4) is 0 Å². The van der Waals surface area contributed by atoms with Crippen molar-refractivity contribution in [2.24, 2.45) is 0 Å². The maximum absolute atomic E-state index is 5.48. The van der Waals surface area contributed by atoms with Gasteiger partial charge in [-0.05, 0) is 19.3 Å². The largest absolute Gasteiger partial charge is 0.381 e. The minimum atomic E-state index is 0.271. The summed E-state index contributed by atoms with van der Waals surface area (Å²) in [6.45, 7) is 1.48. The van der Waals surface area contributed by atoms with Crippen molar-refractivity contribution in [1.29, 1.82) is 0 Å². The lowest BCUT2D eigenvalue weighted by Gasteiger charge is -2.20. The zero-order valence-electron chi connectivity index (χ0n) is 12.0. The predicted octanol–water partition coefficient (Wildman–Crippen LogP) is 3.01. The molecule has 21 heavy (non-hydrogen) atoms. The van der Waals surface area contributed by atoms with E-state index >= 15 is 0 Å². The van der Waals surface area contributed by atoms with E-state index in [1.54, 1.807) is 0 Å². The van der Waals surface area contributed by atoms with Crippen LogP contribution in [0, 0.1) is 0 Å². The Kier molecular flexibility index (Phi) is 3.47. The Morgan fingerprint density at radius 2 is 2.00 bits per heavy atom. The molecular formula is C15H20N4O2. The minimum Gasteiger partial charge on any atom is -0.381 e. The van der Waals surface area contributed by atoms with Gasteiger partial charge in [-0.3, -0.25) is 5.10 Å². The van der Waals surface area contributed by atoms with Gasteiger partial charge in [0.25, 0.3) is 5.89 Å². The Bertz CT molecular complexity index is 594. The zero-order chi connectivity index (χ0) is 14.1. The molecule has 1 saturated carbocycles. The predicted molar refractivity (Wildman–Crippen MR) is 75.9 cm³/mol. The SMILES string of the molecule is c1n[nH]c(C2CCCCC2)c1-c1nc(C2CCOC2)no1. The number of ether oxygens (including phenoxy) is 1. The molecule has 2 fully saturated rings. The number of nitrogens with zero attached hydrogens (tertiary/aromatic N) is 3. The molecule has 6 heteroatoms. The molecule has 2 aromatic heterocycles. The molecule has 1 N–H and O–H groups in total. The van der Waals surface area contributed by atoms with Crippen molar-refractivity contribution in [3.05, 3.63) is 17.7 Å². The van der Waals surface area contributed by atoms with Gasteiger partial charge >= 0.3 is 0 Å². The monoisotopic (exact) mass is 288 g/mol. The number of hydrogen-bond acceptors (Lipinski definition) is 5. The zero-order valence-corrected chi connectivity index (χ0v) is 12.0. The molecule has 1 aliphatic heterocycles. The topological polar surface area (TPSA) is 76.8 Å². The lowest BCUT2D eigenvalue weighted by molar-refractivity contribution is 0.192. The highest BCUT2D eigenvalue weighted by molar-refractivity contribution is 5.56. The fourth-order valence-corrected chi connectivity index (χ4v) is 3.42. The van der Waals surface area contributed by atoms with Crippen LogP contribution in [0.4, 0.5) is 0 Å². The lowest BCUT2D eigenvalue weighted by Crippen LogP contribution is -2.06. The normalized spacial score (nSPS) is 23.7. The number of hydrogen-bond donors (Lipinski definition) is 1. The van der Waals surface area contributed by atoms with Crippen LogP contribution in [-0.4, -0.2) is 33.6 Å². The van der Waals surface area contributed by atoms with Crippen LogP contribution in [0.2, 0.25) is 0 Å². The molecule has 1 aliphatic carbocycles. The smallest absolute Gasteiger partial charge is 0.261 e. The van der Waals surface area contributed by atoms with Crippen molar-refractivity contribution in [2.75, 3.05) is 13.2 Å². The van der Waals surface area contributed by atoms with Gasteiger partial charge in [0.15, 0.2) is 5.82 Å². The fraction of sp³-hybridized carbons (Fsp3) is 0.667. The number of nitrogens with one attached hydrogen (secondary N) is 1. The van der Waals surface area contributed by atoms with Gasteiger partial charge in [0.05, 0.1) is 24.1 Å². The first-order valence-corrected chi connectivity index (χ1v) is 7.87. The summed E-state index contributed by atoms with van der Waals surface area (Å²) in [5.74, 6) is 2.17. The maximum atomic E-state index is 5.48. The summed E-state index contributed by atoms with van der Waals surface area (Å²) in [5.41, 5.74) is 2.13. The molecule has 0 amide bonds. The number of rotatable bonds is 3. The summed E-state index contributed by atoms with van der Waals surface area (Å²) in [6.07, 6.45) is 9.13. The molecule has 1 atom stereocenters. The molecule has 2 aliphatic rings. The van der Waals surface area contributed by atoms with Gasteiger partial charge < -0.3 is 9.26 Å². The first-order valence-electron chi connectivity index (χ1n) is 7.87. The Morgan fingerprint density at radius 1 is 1.10 bits per heavy atom. The number of aromatic amines is 1. The first-order chi connectivity index (χ1) is 10.4. The van der Waals surface area contributed by atoms with Gasteiger partial charge in [-0.15, -0.1) is 0 Å². The Balaban J connectivity index is 1.60. The summed E-state index contributed by atoms with van der Waals surface area (Å²) < 4.78 is 10.9. The molecule has 6 nitrogen and oxygen atoms in total. The molecule has 0 radical (unpaired) electrons. The molecule has 2 aromatic rings. The lowest BCUT2D eigenvalue weighted by atomic mass is 9.85. The van der Waals surface area contributed by atoms with Crippen LogP contribution in [0.1, 0.15) is 61.9 Å². The molecule has 1 unspecified atom stereocenters. The molecular weight excluding hydrogens is 268 g/mol. The maximum Gasteiger partial charge on any atom is 0.261 e. The van der Waals surface area contributed by atoms with E-state index in [1.807, 2.05) is 6.20 Å². The van der Waals surface area contributed by atoms with Crippen molar-refractivity contribution >= 4 is 0 Å². The molecule has 4 rings (SSSR count). The van der Waals surface area contributed by atoms with E-state index in [9.17, 15) is 0 Å². The van der Waals surface area contributed by atoms with Gasteiger partial charge in [0.2, 0.25) is 0 Å². The summed E-state index contributed by atoms with van der Waals surface area (Å²) in [7, 11) is 0. The van der Waals surface area contributed by atoms with Gasteiger partial charge in [0, 0.05) is 18.4 Å². The van der Waals surface area contributed by atoms with Crippen molar-refractivity contribution in [3.8, 4) is 11.5 Å². The van der Waals surface area contributed by atoms with Gasteiger partial charge in [-0.1, -0.05) is 24.4 Å². The van der Waals surface area contributed by atoms with E-state index in [4.69, 9.17) is 9.26 Å². The van der Waals surface area contributed by atoms with Crippen LogP contribution in [0.25, 0.3) is 11.5 Å². The van der Waals surface area contributed by atoms with E-state index in [0.717, 1.165) is 30.1 Å². The second-order valence-corrected chi connectivity index (χ2v) is 6.05. The van der Waals surface area contributed by atoms with Crippen molar-refractivity contribution in [1.82, 2.24) is 20.3 Å². The highest BCUT2D eigenvalue weighted by Gasteiger charge is 2.26. The van der Waals surface area contributed by atoms with Crippen LogP contribution in [0.15, 0.2) is 10.7 Å². The van der Waals surface area contributed by atoms with E-state index in [1.165, 1.54) is 32.1 Å². The quantitative estimate of drug-likeness (QED) is 0.939. The Hall–Kier alpha value is -1.69. The number of H-pyrrole nitrogens is 1. The average Bonchev–Trinajstić information content (AvgIpc) is 3.27. The van der Waals surface area contributed by atoms with Crippen LogP contribution < -0.4 is 0 Å². The molecule has 112 valence electrons. The molecule has 3 heterocycles. The van der Waals surface area contributed by atoms with E-state index in [2.05, 4.69) is 20.3 Å². The molecule has 0 bridgehead atoms. The molecule has 1 saturated heterocycles. The van der Waals surface area contributed by atoms with Gasteiger partial charge in [-0.25, -0.2) is 0 Å². The standard InChI is InChI=1S/C15H20N4O2/c1-2-4-10(5-3-1)13-12(8-16-18-13)15-17-14(19-21-15)11-6-7-20-9-11/h8,10-11H,1-7,9H2,(H,16,18). The third-order valence-electron chi connectivity index (χ3n) is 4.65. The minimum absolute atomic E-state index is 0.271. The average molecular weight is 288 g/mol. The molecule has 0 spiro atoms. The highest BCUT2D eigenvalue weighted by Crippen LogP contribution is 2.36.